The molecule has 1 unspecified atom stereocenters. The summed E-state index contributed by atoms with van der Waals surface area (Å²) >= 11 is 6.41. The number of carbonyl (C=O) groups is 3. The van der Waals surface area contributed by atoms with Crippen molar-refractivity contribution in [1.29, 1.82) is 0 Å². The summed E-state index contributed by atoms with van der Waals surface area (Å²) in [5.41, 5.74) is 3.41. The van der Waals surface area contributed by atoms with Gasteiger partial charge in [-0.3, -0.25) is 9.59 Å². The topological polar surface area (TPSA) is 156 Å². The smallest absolute Gasteiger partial charge is 0.337 e. The molecule has 1 aliphatic carbocycles. The first-order valence-corrected chi connectivity index (χ1v) is 12.3. The molecule has 0 bridgehead atoms. The fourth-order valence-corrected chi connectivity index (χ4v) is 5.08. The van der Waals surface area contributed by atoms with Gasteiger partial charge in [0.05, 0.1) is 30.1 Å². The van der Waals surface area contributed by atoms with Gasteiger partial charge in [-0.05, 0) is 32.3 Å². The molecule has 3 atom stereocenters. The molecule has 0 amide bonds. The Labute approximate surface area is 218 Å². The van der Waals surface area contributed by atoms with Crippen LogP contribution in [-0.4, -0.2) is 67.3 Å². The summed E-state index contributed by atoms with van der Waals surface area (Å²) in [6.07, 6.45) is 2.32. The lowest BCUT2D eigenvalue weighted by molar-refractivity contribution is -0.165. The molecule has 12 heteroatoms. The number of ketones is 2. The van der Waals surface area contributed by atoms with E-state index in [1.165, 1.54) is 20.1 Å². The lowest BCUT2D eigenvalue weighted by Gasteiger charge is -2.37. The Morgan fingerprint density at radius 3 is 2.70 bits per heavy atom. The highest BCUT2D eigenvalue weighted by Gasteiger charge is 2.62. The van der Waals surface area contributed by atoms with Crippen LogP contribution in [0.15, 0.2) is 22.5 Å². The van der Waals surface area contributed by atoms with Gasteiger partial charge < -0.3 is 34.5 Å². The first kappa shape index (κ1) is 26.9. The highest BCUT2D eigenvalue weighted by atomic mass is 35.5. The van der Waals surface area contributed by atoms with Crippen LogP contribution in [0.2, 0.25) is 5.02 Å². The molecule has 2 aliphatic heterocycles. The van der Waals surface area contributed by atoms with Gasteiger partial charge in [-0.15, -0.1) is 0 Å². The van der Waals surface area contributed by atoms with Gasteiger partial charge in [0.15, 0.2) is 29.3 Å². The molecular formula is C25H29ClN2O9. The van der Waals surface area contributed by atoms with Crippen molar-refractivity contribution >= 4 is 35.0 Å². The van der Waals surface area contributed by atoms with Crippen LogP contribution < -0.4 is 15.2 Å². The third kappa shape index (κ3) is 4.78. The maximum Gasteiger partial charge on any atom is 0.337 e. The minimum Gasteiger partial charge on any atom is -0.494 e. The van der Waals surface area contributed by atoms with Gasteiger partial charge in [0.25, 0.3) is 0 Å². The van der Waals surface area contributed by atoms with Gasteiger partial charge in [-0.25, -0.2) is 9.79 Å². The summed E-state index contributed by atoms with van der Waals surface area (Å²) in [6.45, 7) is 3.93. The first-order chi connectivity index (χ1) is 17.6. The summed E-state index contributed by atoms with van der Waals surface area (Å²) in [6, 6.07) is 1.18. The Balaban J connectivity index is 1.74. The van der Waals surface area contributed by atoms with Gasteiger partial charge in [-0.2, -0.15) is 0 Å². The van der Waals surface area contributed by atoms with Gasteiger partial charge >= 0.3 is 5.97 Å². The molecule has 0 aromatic heterocycles. The highest BCUT2D eigenvalue weighted by molar-refractivity contribution is 6.36. The number of aliphatic imine (C=N–C) groups is 1. The number of amidine groups is 1. The minimum atomic E-state index is -1.81. The molecule has 1 aromatic carbocycles. The normalized spacial score (nSPS) is 25.8. The van der Waals surface area contributed by atoms with Crippen LogP contribution in [0.4, 0.5) is 0 Å². The fourth-order valence-electron chi connectivity index (χ4n) is 4.81. The first-order valence-electron chi connectivity index (χ1n) is 11.9. The lowest BCUT2D eigenvalue weighted by atomic mass is 9.74. The van der Waals surface area contributed by atoms with Crippen LogP contribution in [0, 0.1) is 5.92 Å². The second-order valence-electron chi connectivity index (χ2n) is 9.09. The van der Waals surface area contributed by atoms with Crippen molar-refractivity contribution in [3.05, 3.63) is 33.7 Å². The average Bonchev–Trinajstić information content (AvgIpc) is 3.16. The van der Waals surface area contributed by atoms with E-state index in [1.54, 1.807) is 6.92 Å². The zero-order chi connectivity index (χ0) is 26.9. The number of hydrogen-bond donors (Lipinski definition) is 2. The Morgan fingerprint density at radius 1 is 1.32 bits per heavy atom. The molecule has 1 aromatic rings. The zero-order valence-corrected chi connectivity index (χ0v) is 21.6. The number of rotatable bonds is 8. The Morgan fingerprint density at radius 2 is 2.08 bits per heavy atom. The second-order valence-corrected chi connectivity index (χ2v) is 9.47. The molecule has 3 aliphatic rings. The molecule has 1 saturated heterocycles. The predicted molar refractivity (Wildman–Crippen MR) is 131 cm³/mol. The van der Waals surface area contributed by atoms with Gasteiger partial charge in [0.1, 0.15) is 17.9 Å². The molecule has 1 fully saturated rings. The molecule has 0 radical (unpaired) electrons. The number of hydrogen-bond acceptors (Lipinski definition) is 9. The quantitative estimate of drug-likeness (QED) is 0.287. The summed E-state index contributed by atoms with van der Waals surface area (Å²) in [7, 11) is 1.29. The van der Waals surface area contributed by atoms with Crippen LogP contribution >= 0.6 is 11.6 Å². The largest absolute Gasteiger partial charge is 0.494 e. The van der Waals surface area contributed by atoms with Crippen LogP contribution in [-0.2, 0) is 19.0 Å². The molecule has 2 heterocycles. The van der Waals surface area contributed by atoms with E-state index >= 15 is 0 Å². The number of carboxylic acids is 1. The van der Waals surface area contributed by atoms with E-state index < -0.39 is 23.3 Å². The van der Waals surface area contributed by atoms with E-state index in [1.807, 2.05) is 0 Å². The summed E-state index contributed by atoms with van der Waals surface area (Å²) in [5, 5.41) is 9.45. The monoisotopic (exact) mass is 536 g/mol. The molecule has 0 saturated carbocycles. The molecule has 3 N–H and O–H groups in total. The molecule has 37 heavy (non-hydrogen) atoms. The number of nitrogens with two attached hydrogens (primary N) is 1. The highest BCUT2D eigenvalue weighted by Crippen LogP contribution is 2.54. The van der Waals surface area contributed by atoms with Crippen molar-refractivity contribution in [2.45, 2.75) is 51.4 Å². The zero-order valence-electron chi connectivity index (χ0n) is 20.8. The second kappa shape index (κ2) is 10.7. The van der Waals surface area contributed by atoms with Crippen molar-refractivity contribution in [3.63, 3.8) is 0 Å². The number of Topliss-reactive ketones (excluding diaryl/α,β-unsaturated/α-hetero) is 2. The van der Waals surface area contributed by atoms with E-state index in [4.69, 9.17) is 41.0 Å². The maximum atomic E-state index is 14.1. The third-order valence-corrected chi connectivity index (χ3v) is 6.89. The fraction of sp³-hybridized carbons (Fsp3) is 0.520. The number of fused-ring (bicyclic) bond motifs is 1. The number of nitrogens with zero attached hydrogens (tertiary/aromatic N) is 1. The Bertz CT molecular complexity index is 1190. The van der Waals surface area contributed by atoms with Crippen molar-refractivity contribution in [2.24, 2.45) is 16.6 Å². The van der Waals surface area contributed by atoms with Gasteiger partial charge in [0.2, 0.25) is 11.4 Å². The number of allylic oxidation sites excluding steroid dienone is 1. The van der Waals surface area contributed by atoms with E-state index in [0.29, 0.717) is 6.61 Å². The van der Waals surface area contributed by atoms with Crippen LogP contribution in [0.3, 0.4) is 0 Å². The van der Waals surface area contributed by atoms with Crippen molar-refractivity contribution in [2.75, 3.05) is 26.9 Å². The number of carbonyl (C=O) groups excluding carboxylic acids is 2. The number of carboxylic acid groups (broad SMARTS) is 1. The van der Waals surface area contributed by atoms with Gasteiger partial charge in [-0.1, -0.05) is 18.5 Å². The number of halogens is 1. The Hall–Kier alpha value is -3.15. The van der Waals surface area contributed by atoms with E-state index in [-0.39, 0.29) is 76.6 Å². The van der Waals surface area contributed by atoms with Crippen LogP contribution in [0.5, 0.6) is 11.5 Å². The number of benzene rings is 1. The standard InChI is InChI=1S/C25H29ClN2O9/c1-12-10-15(29)20(28-13(2)27)23(33-3)25(12)22(30)18-16(11-14(24(31)32)19(26)21(18)37-25)34-8-9-36-17-6-4-5-7-35-17/h11-12,17H,4-10H2,1-3H3,(H2,27,28)(H,31,32)/t12-,17?,25-/m1/s1. The molecule has 1 spiro atoms. The average molecular weight is 537 g/mol. The van der Waals surface area contributed by atoms with Crippen molar-refractivity contribution in [3.8, 4) is 11.5 Å². The number of methoxy groups -OCH3 is 1. The predicted octanol–water partition coefficient (Wildman–Crippen LogP) is 3.12. The molecular weight excluding hydrogens is 508 g/mol. The van der Waals surface area contributed by atoms with E-state index in [0.717, 1.165) is 19.3 Å². The van der Waals surface area contributed by atoms with Crippen molar-refractivity contribution < 1.29 is 43.2 Å². The molecule has 200 valence electrons. The summed E-state index contributed by atoms with van der Waals surface area (Å²) in [4.78, 5) is 42.9. The summed E-state index contributed by atoms with van der Waals surface area (Å²) in [5.74, 6) is -3.24. The Kier molecular flexibility index (Phi) is 7.77. The summed E-state index contributed by atoms with van der Waals surface area (Å²) < 4.78 is 28.7. The van der Waals surface area contributed by atoms with Gasteiger partial charge in [0, 0.05) is 18.9 Å². The van der Waals surface area contributed by atoms with E-state index in [2.05, 4.69) is 4.99 Å². The molecule has 4 rings (SSSR count). The van der Waals surface area contributed by atoms with Crippen LogP contribution in [0.25, 0.3) is 0 Å². The molecule has 11 nitrogen and oxygen atoms in total. The third-order valence-electron chi connectivity index (χ3n) is 6.52. The number of aromatic carboxylic acids is 1. The number of ether oxygens (including phenoxy) is 5. The van der Waals surface area contributed by atoms with E-state index in [9.17, 15) is 19.5 Å². The van der Waals surface area contributed by atoms with Crippen molar-refractivity contribution in [1.82, 2.24) is 0 Å². The van der Waals surface area contributed by atoms with Crippen LogP contribution in [0.1, 0.15) is 60.2 Å². The lowest BCUT2D eigenvalue weighted by Crippen LogP contribution is -2.52. The SMILES string of the molecule is COC1=C(N=C(C)N)C(=O)C[C@@H](C)[C@]12Oc1c(Cl)c(C(=O)O)cc(OCCOC3CCCCO3)c1C2=O. The maximum absolute atomic E-state index is 14.1. The minimum absolute atomic E-state index is 0.0101.